The van der Waals surface area contributed by atoms with Crippen LogP contribution < -0.4 is 4.72 Å². The Labute approximate surface area is 133 Å². The van der Waals surface area contributed by atoms with Crippen LogP contribution in [-0.2, 0) is 16.4 Å². The van der Waals surface area contributed by atoms with Gasteiger partial charge in [0.2, 0.25) is 10.0 Å². The van der Waals surface area contributed by atoms with E-state index in [1.165, 1.54) is 6.42 Å². The summed E-state index contributed by atoms with van der Waals surface area (Å²) in [5, 5.41) is 0. The van der Waals surface area contributed by atoms with Crippen LogP contribution >= 0.6 is 11.6 Å². The summed E-state index contributed by atoms with van der Waals surface area (Å²) in [6.45, 7) is 4.28. The Morgan fingerprint density at radius 1 is 1.24 bits per heavy atom. The third-order valence-electron chi connectivity index (χ3n) is 4.42. The Kier molecular flexibility index (Phi) is 5.33. The molecule has 0 spiro atoms. The van der Waals surface area contributed by atoms with E-state index in [0.717, 1.165) is 31.2 Å². The molecule has 1 saturated carbocycles. The van der Waals surface area contributed by atoms with Gasteiger partial charge in [-0.15, -0.1) is 11.6 Å². The Morgan fingerprint density at radius 2 is 1.90 bits per heavy atom. The second-order valence-electron chi connectivity index (χ2n) is 6.49. The Bertz CT molecular complexity index is 566. The summed E-state index contributed by atoms with van der Waals surface area (Å²) in [7, 11) is -3.45. The minimum Gasteiger partial charge on any atom is -0.208 e. The summed E-state index contributed by atoms with van der Waals surface area (Å²) in [6, 6.07) is 7.02. The molecule has 0 amide bonds. The van der Waals surface area contributed by atoms with Gasteiger partial charge in [0.25, 0.3) is 0 Å². The Morgan fingerprint density at radius 3 is 2.48 bits per heavy atom. The number of sulfonamides is 1. The van der Waals surface area contributed by atoms with Crippen LogP contribution in [0.15, 0.2) is 29.2 Å². The van der Waals surface area contributed by atoms with E-state index in [0.29, 0.717) is 10.8 Å². The van der Waals surface area contributed by atoms with Crippen molar-refractivity contribution in [3.63, 3.8) is 0 Å². The highest BCUT2D eigenvalue weighted by atomic mass is 35.5. The van der Waals surface area contributed by atoms with Gasteiger partial charge in [-0.3, -0.25) is 0 Å². The molecule has 0 aromatic heterocycles. The van der Waals surface area contributed by atoms with Crippen LogP contribution in [0, 0.1) is 5.41 Å². The van der Waals surface area contributed by atoms with Gasteiger partial charge in [0.15, 0.2) is 0 Å². The average molecular weight is 330 g/mol. The zero-order valence-corrected chi connectivity index (χ0v) is 14.3. The molecule has 1 fully saturated rings. The van der Waals surface area contributed by atoms with Crippen molar-refractivity contribution in [2.24, 2.45) is 5.41 Å². The van der Waals surface area contributed by atoms with Gasteiger partial charge in [-0.2, -0.15) is 0 Å². The zero-order chi connectivity index (χ0) is 15.5. The molecule has 2 rings (SSSR count). The smallest absolute Gasteiger partial charge is 0.208 e. The molecule has 5 heteroatoms. The maximum Gasteiger partial charge on any atom is 0.240 e. The SMILES string of the molecule is CC1(C)CCCCC1NS(=O)(=O)c1ccc(CCCl)cc1. The molecule has 1 aliphatic rings. The van der Waals surface area contributed by atoms with Crippen molar-refractivity contribution in [2.45, 2.75) is 56.9 Å². The summed E-state index contributed by atoms with van der Waals surface area (Å²) >= 11 is 5.70. The molecule has 118 valence electrons. The third-order valence-corrected chi connectivity index (χ3v) is 6.10. The number of rotatable bonds is 5. The number of nitrogens with one attached hydrogen (secondary N) is 1. The molecule has 1 aliphatic carbocycles. The Hall–Kier alpha value is -0.580. The van der Waals surface area contributed by atoms with E-state index in [9.17, 15) is 8.42 Å². The van der Waals surface area contributed by atoms with Crippen molar-refractivity contribution >= 4 is 21.6 Å². The maximum absolute atomic E-state index is 12.5. The first-order chi connectivity index (χ1) is 9.85. The lowest BCUT2D eigenvalue weighted by Crippen LogP contribution is -2.46. The van der Waals surface area contributed by atoms with E-state index < -0.39 is 10.0 Å². The molecule has 0 heterocycles. The summed E-state index contributed by atoms with van der Waals surface area (Å²) in [6.07, 6.45) is 5.00. The maximum atomic E-state index is 12.5. The van der Waals surface area contributed by atoms with Crippen LogP contribution in [0.5, 0.6) is 0 Å². The van der Waals surface area contributed by atoms with Gasteiger partial charge in [-0.05, 0) is 42.4 Å². The minimum absolute atomic E-state index is 0.0127. The topological polar surface area (TPSA) is 46.2 Å². The molecule has 1 N–H and O–H groups in total. The molecule has 1 aromatic rings. The minimum atomic E-state index is -3.45. The van der Waals surface area contributed by atoms with Crippen LogP contribution in [0.25, 0.3) is 0 Å². The molecule has 0 saturated heterocycles. The van der Waals surface area contributed by atoms with Gasteiger partial charge in [-0.25, -0.2) is 13.1 Å². The zero-order valence-electron chi connectivity index (χ0n) is 12.7. The average Bonchev–Trinajstić information content (AvgIpc) is 2.42. The molecule has 1 aromatic carbocycles. The van der Waals surface area contributed by atoms with Crippen LogP contribution in [-0.4, -0.2) is 20.3 Å². The highest BCUT2D eigenvalue weighted by Gasteiger charge is 2.35. The van der Waals surface area contributed by atoms with Crippen molar-refractivity contribution in [3.8, 4) is 0 Å². The molecular weight excluding hydrogens is 306 g/mol. The molecule has 1 atom stereocenters. The first kappa shape index (κ1) is 16.8. The lowest BCUT2D eigenvalue weighted by atomic mass is 9.74. The second-order valence-corrected chi connectivity index (χ2v) is 8.58. The molecule has 1 unspecified atom stereocenters. The summed E-state index contributed by atoms with van der Waals surface area (Å²) in [5.74, 6) is 0.542. The number of aryl methyl sites for hydroxylation is 1. The van der Waals surface area contributed by atoms with Gasteiger partial charge < -0.3 is 0 Å². The highest BCUT2D eigenvalue weighted by molar-refractivity contribution is 7.89. The van der Waals surface area contributed by atoms with Gasteiger partial charge in [0.05, 0.1) is 4.90 Å². The molecule has 3 nitrogen and oxygen atoms in total. The number of alkyl halides is 1. The normalized spacial score (nSPS) is 22.1. The van der Waals surface area contributed by atoms with Crippen LogP contribution in [0.2, 0.25) is 0 Å². The second kappa shape index (κ2) is 6.67. The van der Waals surface area contributed by atoms with Crippen molar-refractivity contribution in [1.82, 2.24) is 4.72 Å². The van der Waals surface area contributed by atoms with E-state index in [-0.39, 0.29) is 11.5 Å². The summed E-state index contributed by atoms with van der Waals surface area (Å²) < 4.78 is 27.9. The van der Waals surface area contributed by atoms with Crippen molar-refractivity contribution in [2.75, 3.05) is 5.88 Å². The van der Waals surface area contributed by atoms with E-state index >= 15 is 0 Å². The fourth-order valence-electron chi connectivity index (χ4n) is 2.91. The number of hydrogen-bond acceptors (Lipinski definition) is 2. The first-order valence-corrected chi connectivity index (χ1v) is 9.54. The number of halogens is 1. The molecule has 0 bridgehead atoms. The summed E-state index contributed by atoms with van der Waals surface area (Å²) in [5.41, 5.74) is 1.08. The van der Waals surface area contributed by atoms with Crippen LogP contribution in [0.4, 0.5) is 0 Å². The monoisotopic (exact) mass is 329 g/mol. The highest BCUT2D eigenvalue weighted by Crippen LogP contribution is 2.36. The number of hydrogen-bond donors (Lipinski definition) is 1. The van der Waals surface area contributed by atoms with Crippen molar-refractivity contribution < 1.29 is 8.42 Å². The van der Waals surface area contributed by atoms with Crippen LogP contribution in [0.1, 0.15) is 45.1 Å². The van der Waals surface area contributed by atoms with Gasteiger partial charge >= 0.3 is 0 Å². The van der Waals surface area contributed by atoms with E-state index in [1.807, 2.05) is 12.1 Å². The van der Waals surface area contributed by atoms with Gasteiger partial charge in [-0.1, -0.05) is 38.8 Å². The van der Waals surface area contributed by atoms with E-state index in [4.69, 9.17) is 11.6 Å². The van der Waals surface area contributed by atoms with Gasteiger partial charge in [0.1, 0.15) is 0 Å². The van der Waals surface area contributed by atoms with E-state index in [2.05, 4.69) is 18.6 Å². The fourth-order valence-corrected chi connectivity index (χ4v) is 4.57. The number of benzene rings is 1. The largest absolute Gasteiger partial charge is 0.240 e. The lowest BCUT2D eigenvalue weighted by molar-refractivity contribution is 0.188. The molecule has 0 aliphatic heterocycles. The quantitative estimate of drug-likeness (QED) is 0.837. The standard InChI is InChI=1S/C16H24ClNO2S/c1-16(2)11-4-3-5-15(16)18-21(19,20)14-8-6-13(7-9-14)10-12-17/h6-9,15,18H,3-5,10-12H2,1-2H3. The molecule has 21 heavy (non-hydrogen) atoms. The molecular formula is C16H24ClNO2S. The molecule has 0 radical (unpaired) electrons. The van der Waals surface area contributed by atoms with Gasteiger partial charge in [0, 0.05) is 11.9 Å². The lowest BCUT2D eigenvalue weighted by Gasteiger charge is -2.38. The predicted molar refractivity (Wildman–Crippen MR) is 87.2 cm³/mol. The fraction of sp³-hybridized carbons (Fsp3) is 0.625. The third kappa shape index (κ3) is 4.21. The van der Waals surface area contributed by atoms with E-state index in [1.54, 1.807) is 12.1 Å². The summed E-state index contributed by atoms with van der Waals surface area (Å²) in [4.78, 5) is 0.335. The first-order valence-electron chi connectivity index (χ1n) is 7.52. The van der Waals surface area contributed by atoms with Crippen LogP contribution in [0.3, 0.4) is 0 Å². The Balaban J connectivity index is 2.14. The van der Waals surface area contributed by atoms with Crippen molar-refractivity contribution in [1.29, 1.82) is 0 Å². The predicted octanol–water partition coefficient (Wildman–Crippen LogP) is 3.72. The van der Waals surface area contributed by atoms with Crippen molar-refractivity contribution in [3.05, 3.63) is 29.8 Å².